The van der Waals surface area contributed by atoms with E-state index in [2.05, 4.69) is 32.6 Å². The van der Waals surface area contributed by atoms with Gasteiger partial charge >= 0.3 is 0 Å². The van der Waals surface area contributed by atoms with E-state index in [0.717, 1.165) is 31.2 Å². The van der Waals surface area contributed by atoms with Crippen molar-refractivity contribution in [2.24, 2.45) is 19.1 Å². The summed E-state index contributed by atoms with van der Waals surface area (Å²) in [6.45, 7) is 3.07. The second kappa shape index (κ2) is 6.87. The van der Waals surface area contributed by atoms with E-state index in [4.69, 9.17) is 4.74 Å². The molecule has 0 amide bonds. The van der Waals surface area contributed by atoms with Crippen molar-refractivity contribution in [3.05, 3.63) is 42.0 Å². The van der Waals surface area contributed by atoms with Crippen LogP contribution in [0.4, 0.5) is 0 Å². The number of nitrogens with zero attached hydrogens (tertiary/aromatic N) is 5. The molecule has 0 saturated carbocycles. The molecule has 23 heavy (non-hydrogen) atoms. The van der Waals surface area contributed by atoms with E-state index >= 15 is 0 Å². The van der Waals surface area contributed by atoms with Gasteiger partial charge in [0.2, 0.25) is 0 Å². The molecule has 0 aliphatic carbocycles. The average molecular weight is 316 g/mol. The molecule has 3 heterocycles. The Morgan fingerprint density at radius 3 is 2.96 bits per heavy atom. The van der Waals surface area contributed by atoms with Gasteiger partial charge in [0.05, 0.1) is 19.3 Å². The monoisotopic (exact) mass is 316 g/mol. The summed E-state index contributed by atoms with van der Waals surface area (Å²) < 4.78 is 9.74. The second-order valence-corrected chi connectivity index (χ2v) is 5.84. The van der Waals surface area contributed by atoms with Gasteiger partial charge in [0.15, 0.2) is 5.96 Å². The Morgan fingerprint density at radius 2 is 2.30 bits per heavy atom. The third-order valence-corrected chi connectivity index (χ3v) is 4.02. The van der Waals surface area contributed by atoms with E-state index in [1.807, 2.05) is 44.3 Å². The smallest absolute Gasteiger partial charge is 0.194 e. The first-order chi connectivity index (χ1) is 11.2. The predicted octanol–water partition coefficient (Wildman–Crippen LogP) is 0.908. The van der Waals surface area contributed by atoms with Crippen LogP contribution in [0.25, 0.3) is 0 Å². The molecule has 2 aromatic rings. The van der Waals surface area contributed by atoms with Crippen LogP contribution in [0.3, 0.4) is 0 Å². The number of aliphatic imine (C=N–C) groups is 1. The van der Waals surface area contributed by atoms with Gasteiger partial charge in [0.25, 0.3) is 0 Å². The molecule has 1 saturated heterocycles. The lowest BCUT2D eigenvalue weighted by Crippen LogP contribution is -2.47. The standard InChI is InChI=1S/C16H24N6O/c1-17-16(18-8-13-4-5-20(2)10-13)22-6-7-23-15(12-22)14-9-19-21(3)11-14/h4-5,9-11,15H,6-8,12H2,1-3H3,(H,17,18). The van der Waals surface area contributed by atoms with Crippen molar-refractivity contribution < 1.29 is 4.74 Å². The van der Waals surface area contributed by atoms with Crippen LogP contribution < -0.4 is 5.32 Å². The molecule has 1 fully saturated rings. The van der Waals surface area contributed by atoms with E-state index in [1.54, 1.807) is 4.68 Å². The van der Waals surface area contributed by atoms with Gasteiger partial charge in [-0.05, 0) is 11.6 Å². The van der Waals surface area contributed by atoms with Gasteiger partial charge in [0.1, 0.15) is 6.10 Å². The molecule has 1 N–H and O–H groups in total. The number of hydrogen-bond acceptors (Lipinski definition) is 3. The molecule has 3 rings (SSSR count). The molecule has 0 spiro atoms. The quantitative estimate of drug-likeness (QED) is 0.675. The van der Waals surface area contributed by atoms with Crippen LogP contribution in [0.5, 0.6) is 0 Å². The first-order valence-corrected chi connectivity index (χ1v) is 7.82. The topological polar surface area (TPSA) is 59.6 Å². The summed E-state index contributed by atoms with van der Waals surface area (Å²) in [4.78, 5) is 6.66. The van der Waals surface area contributed by atoms with E-state index in [1.165, 1.54) is 5.56 Å². The lowest BCUT2D eigenvalue weighted by atomic mass is 10.1. The fraction of sp³-hybridized carbons (Fsp3) is 0.500. The third kappa shape index (κ3) is 3.73. The van der Waals surface area contributed by atoms with Gasteiger partial charge in [-0.3, -0.25) is 9.67 Å². The summed E-state index contributed by atoms with van der Waals surface area (Å²) in [5, 5.41) is 7.66. The number of morpholine rings is 1. The first-order valence-electron chi connectivity index (χ1n) is 7.82. The number of hydrogen-bond donors (Lipinski definition) is 1. The van der Waals surface area contributed by atoms with Crippen LogP contribution in [-0.4, -0.2) is 52.0 Å². The van der Waals surface area contributed by atoms with Crippen LogP contribution in [0.15, 0.2) is 35.8 Å². The highest BCUT2D eigenvalue weighted by Gasteiger charge is 2.25. The summed E-state index contributed by atoms with van der Waals surface area (Å²) in [6.07, 6.45) is 8.07. The second-order valence-electron chi connectivity index (χ2n) is 5.84. The van der Waals surface area contributed by atoms with Gasteiger partial charge in [-0.15, -0.1) is 0 Å². The summed E-state index contributed by atoms with van der Waals surface area (Å²) in [5.41, 5.74) is 2.35. The SMILES string of the molecule is CN=C(NCc1ccn(C)c1)N1CCOC(c2cnn(C)c2)C1. The van der Waals surface area contributed by atoms with E-state index in [0.29, 0.717) is 6.61 Å². The average Bonchev–Trinajstić information content (AvgIpc) is 3.17. The molecule has 1 aliphatic rings. The fourth-order valence-corrected chi connectivity index (χ4v) is 2.83. The number of ether oxygens (including phenoxy) is 1. The molecule has 1 unspecified atom stereocenters. The Balaban J connectivity index is 1.61. The first kappa shape index (κ1) is 15.6. The van der Waals surface area contributed by atoms with Crippen molar-refractivity contribution in [1.29, 1.82) is 0 Å². The maximum Gasteiger partial charge on any atom is 0.194 e. The molecule has 0 bridgehead atoms. The lowest BCUT2D eigenvalue weighted by molar-refractivity contribution is -0.00805. The summed E-state index contributed by atoms with van der Waals surface area (Å²) in [5.74, 6) is 0.908. The van der Waals surface area contributed by atoms with Gasteiger partial charge in [0, 0.05) is 58.4 Å². The Hall–Kier alpha value is -2.28. The third-order valence-electron chi connectivity index (χ3n) is 4.02. The zero-order valence-corrected chi connectivity index (χ0v) is 13.9. The minimum atomic E-state index is 0.0349. The van der Waals surface area contributed by atoms with Crippen molar-refractivity contribution in [2.75, 3.05) is 26.7 Å². The molecular weight excluding hydrogens is 292 g/mol. The molecule has 0 radical (unpaired) electrons. The minimum Gasteiger partial charge on any atom is -0.370 e. The molecule has 1 atom stereocenters. The molecule has 1 aliphatic heterocycles. The number of rotatable bonds is 3. The molecule has 2 aromatic heterocycles. The highest BCUT2D eigenvalue weighted by molar-refractivity contribution is 5.80. The van der Waals surface area contributed by atoms with E-state index < -0.39 is 0 Å². The Kier molecular flexibility index (Phi) is 4.66. The normalized spacial score (nSPS) is 19.2. The van der Waals surface area contributed by atoms with Gasteiger partial charge in [-0.25, -0.2) is 0 Å². The zero-order valence-electron chi connectivity index (χ0n) is 13.9. The Bertz CT molecular complexity index is 674. The number of nitrogens with one attached hydrogen (secondary N) is 1. The molecule has 0 aromatic carbocycles. The Labute approximate surface area is 136 Å². The maximum atomic E-state index is 5.89. The number of aryl methyl sites for hydroxylation is 2. The van der Waals surface area contributed by atoms with Crippen molar-refractivity contribution in [3.8, 4) is 0 Å². The highest BCUT2D eigenvalue weighted by atomic mass is 16.5. The lowest BCUT2D eigenvalue weighted by Gasteiger charge is -2.34. The van der Waals surface area contributed by atoms with Crippen LogP contribution in [0.1, 0.15) is 17.2 Å². The summed E-state index contributed by atoms with van der Waals surface area (Å²) >= 11 is 0. The zero-order chi connectivity index (χ0) is 16.2. The largest absolute Gasteiger partial charge is 0.370 e. The highest BCUT2D eigenvalue weighted by Crippen LogP contribution is 2.21. The van der Waals surface area contributed by atoms with Gasteiger partial charge < -0.3 is 19.5 Å². The van der Waals surface area contributed by atoms with E-state index in [-0.39, 0.29) is 6.10 Å². The number of guanidine groups is 1. The maximum absolute atomic E-state index is 5.89. The number of aromatic nitrogens is 3. The van der Waals surface area contributed by atoms with Gasteiger partial charge in [-0.1, -0.05) is 0 Å². The summed E-state index contributed by atoms with van der Waals surface area (Å²) in [7, 11) is 5.77. The van der Waals surface area contributed by atoms with Crippen LogP contribution in [-0.2, 0) is 25.4 Å². The fourth-order valence-electron chi connectivity index (χ4n) is 2.83. The molecular formula is C16H24N6O. The molecule has 7 nitrogen and oxygen atoms in total. The van der Waals surface area contributed by atoms with Gasteiger partial charge in [-0.2, -0.15) is 5.10 Å². The van der Waals surface area contributed by atoms with Crippen molar-refractivity contribution >= 4 is 5.96 Å². The summed E-state index contributed by atoms with van der Waals surface area (Å²) in [6, 6.07) is 2.11. The van der Waals surface area contributed by atoms with Crippen molar-refractivity contribution in [2.45, 2.75) is 12.6 Å². The Morgan fingerprint density at radius 1 is 1.43 bits per heavy atom. The van der Waals surface area contributed by atoms with Crippen LogP contribution in [0, 0.1) is 0 Å². The van der Waals surface area contributed by atoms with Crippen LogP contribution in [0.2, 0.25) is 0 Å². The van der Waals surface area contributed by atoms with Crippen LogP contribution >= 0.6 is 0 Å². The minimum absolute atomic E-state index is 0.0349. The van der Waals surface area contributed by atoms with E-state index in [9.17, 15) is 0 Å². The predicted molar refractivity (Wildman–Crippen MR) is 89.1 cm³/mol. The van der Waals surface area contributed by atoms with Crippen molar-refractivity contribution in [3.63, 3.8) is 0 Å². The van der Waals surface area contributed by atoms with Crippen molar-refractivity contribution in [1.82, 2.24) is 24.6 Å². The molecule has 7 heteroatoms. The molecule has 124 valence electrons.